The summed E-state index contributed by atoms with van der Waals surface area (Å²) in [6, 6.07) is 0.224. The molecule has 1 aromatic heterocycles. The number of carbonyl (C=O) groups is 1. The molecular weight excluding hydrogens is 220 g/mol. The molecule has 0 aromatic carbocycles. The normalized spacial score (nSPS) is 19.5. The third kappa shape index (κ3) is 2.25. The molecule has 17 heavy (non-hydrogen) atoms. The predicted molar refractivity (Wildman–Crippen MR) is 61.8 cm³/mol. The number of rotatable bonds is 3. The number of ether oxygens (including phenoxy) is 1. The average Bonchev–Trinajstić information content (AvgIpc) is 2.69. The van der Waals surface area contributed by atoms with E-state index in [1.165, 1.54) is 7.11 Å². The lowest BCUT2D eigenvalue weighted by Crippen LogP contribution is -2.27. The Morgan fingerprint density at radius 3 is 2.82 bits per heavy atom. The van der Waals surface area contributed by atoms with Crippen LogP contribution in [0.1, 0.15) is 12.2 Å². The van der Waals surface area contributed by atoms with Gasteiger partial charge < -0.3 is 4.74 Å². The topological polar surface area (TPSA) is 68.2 Å². The Morgan fingerprint density at radius 2 is 2.24 bits per heavy atom. The molecule has 2 rings (SSSR count). The van der Waals surface area contributed by atoms with Gasteiger partial charge in [0.05, 0.1) is 7.11 Å². The van der Waals surface area contributed by atoms with Crippen LogP contribution in [0.3, 0.4) is 0 Å². The smallest absolute Gasteiger partial charge is 0.321 e. The van der Waals surface area contributed by atoms with Crippen LogP contribution in [0.25, 0.3) is 0 Å². The lowest BCUT2D eigenvalue weighted by molar-refractivity contribution is -0.117. The van der Waals surface area contributed by atoms with Crippen LogP contribution in [0.5, 0.6) is 6.01 Å². The van der Waals surface area contributed by atoms with Crippen molar-refractivity contribution in [3.05, 3.63) is 18.5 Å². The van der Waals surface area contributed by atoms with Crippen molar-refractivity contribution in [2.24, 2.45) is 5.92 Å². The molecule has 0 bridgehead atoms. The van der Waals surface area contributed by atoms with E-state index in [-0.39, 0.29) is 17.8 Å². The van der Waals surface area contributed by atoms with Crippen molar-refractivity contribution in [1.82, 2.24) is 15.0 Å². The van der Waals surface area contributed by atoms with Crippen LogP contribution in [0.4, 0.5) is 5.95 Å². The molecule has 0 radical (unpaired) electrons. The van der Waals surface area contributed by atoms with Crippen molar-refractivity contribution >= 4 is 11.9 Å². The number of amides is 1. The van der Waals surface area contributed by atoms with Gasteiger partial charge in [0.2, 0.25) is 11.9 Å². The van der Waals surface area contributed by atoms with Crippen LogP contribution in [0.2, 0.25) is 0 Å². The second kappa shape index (κ2) is 4.48. The third-order valence-corrected chi connectivity index (χ3v) is 2.63. The van der Waals surface area contributed by atoms with E-state index in [2.05, 4.69) is 21.5 Å². The Labute approximate surface area is 99.3 Å². The molecule has 1 aliphatic heterocycles. The maximum Gasteiger partial charge on any atom is 0.321 e. The summed E-state index contributed by atoms with van der Waals surface area (Å²) >= 11 is 0. The summed E-state index contributed by atoms with van der Waals surface area (Å²) in [5.41, 5.74) is 0. The molecule has 1 aromatic rings. The predicted octanol–water partition coefficient (Wildman–Crippen LogP) is 0.728. The molecule has 2 heterocycles. The number of aromatic nitrogens is 3. The van der Waals surface area contributed by atoms with Gasteiger partial charge in [-0.15, -0.1) is 6.58 Å². The molecule has 6 heteroatoms. The fraction of sp³-hybridized carbons (Fsp3) is 0.455. The summed E-state index contributed by atoms with van der Waals surface area (Å²) in [5.74, 6) is 1.04. The minimum absolute atomic E-state index is 0.00236. The Kier molecular flexibility index (Phi) is 3.03. The van der Waals surface area contributed by atoms with Crippen LogP contribution >= 0.6 is 0 Å². The number of hydrogen-bond acceptors (Lipinski definition) is 5. The standard InChI is InChI=1S/C11H14N4O2/c1-4-8-5-9(16)15(6-8)10-12-7(2)13-11(14-10)17-3/h4,8H,1,5-6H2,2-3H3. The number of anilines is 1. The van der Waals surface area contributed by atoms with Crippen molar-refractivity contribution in [2.45, 2.75) is 13.3 Å². The van der Waals surface area contributed by atoms with Gasteiger partial charge >= 0.3 is 6.01 Å². The molecule has 6 nitrogen and oxygen atoms in total. The Hall–Kier alpha value is -1.98. The zero-order valence-corrected chi connectivity index (χ0v) is 9.88. The maximum atomic E-state index is 11.8. The van der Waals surface area contributed by atoms with Gasteiger partial charge in [-0.25, -0.2) is 0 Å². The molecule has 0 N–H and O–H groups in total. The van der Waals surface area contributed by atoms with Crippen molar-refractivity contribution < 1.29 is 9.53 Å². The highest BCUT2D eigenvalue weighted by molar-refractivity contribution is 5.94. The van der Waals surface area contributed by atoms with Crippen molar-refractivity contribution in [2.75, 3.05) is 18.6 Å². The molecule has 1 aliphatic rings. The fourth-order valence-corrected chi connectivity index (χ4v) is 1.74. The highest BCUT2D eigenvalue weighted by Crippen LogP contribution is 2.23. The van der Waals surface area contributed by atoms with E-state index < -0.39 is 0 Å². The van der Waals surface area contributed by atoms with E-state index in [0.717, 1.165) is 0 Å². The van der Waals surface area contributed by atoms with E-state index >= 15 is 0 Å². The minimum atomic E-state index is 0.00236. The molecule has 0 saturated carbocycles. The van der Waals surface area contributed by atoms with E-state index in [0.29, 0.717) is 24.7 Å². The van der Waals surface area contributed by atoms with Crippen molar-refractivity contribution in [3.8, 4) is 6.01 Å². The molecule has 90 valence electrons. The van der Waals surface area contributed by atoms with Gasteiger partial charge in [-0.3, -0.25) is 9.69 Å². The van der Waals surface area contributed by atoms with Gasteiger partial charge in [-0.05, 0) is 6.92 Å². The van der Waals surface area contributed by atoms with E-state index in [1.54, 1.807) is 17.9 Å². The highest BCUT2D eigenvalue weighted by Gasteiger charge is 2.31. The summed E-state index contributed by atoms with van der Waals surface area (Å²) in [7, 11) is 1.48. The van der Waals surface area contributed by atoms with Crippen LogP contribution < -0.4 is 9.64 Å². The monoisotopic (exact) mass is 234 g/mol. The largest absolute Gasteiger partial charge is 0.467 e. The minimum Gasteiger partial charge on any atom is -0.467 e. The summed E-state index contributed by atoms with van der Waals surface area (Å²) in [6.45, 7) is 6.00. The second-order valence-electron chi connectivity index (χ2n) is 3.87. The highest BCUT2D eigenvalue weighted by atomic mass is 16.5. The maximum absolute atomic E-state index is 11.8. The lowest BCUT2D eigenvalue weighted by atomic mass is 10.1. The zero-order chi connectivity index (χ0) is 12.4. The Bertz CT molecular complexity index is 461. The summed E-state index contributed by atoms with van der Waals surface area (Å²) < 4.78 is 4.96. The SMILES string of the molecule is C=CC1CC(=O)N(c2nc(C)nc(OC)n2)C1. The molecule has 1 saturated heterocycles. The lowest BCUT2D eigenvalue weighted by Gasteiger charge is -2.14. The fourth-order valence-electron chi connectivity index (χ4n) is 1.74. The van der Waals surface area contributed by atoms with Crippen LogP contribution in [-0.2, 0) is 4.79 Å². The van der Waals surface area contributed by atoms with Gasteiger partial charge in [0.25, 0.3) is 0 Å². The van der Waals surface area contributed by atoms with Gasteiger partial charge in [0.1, 0.15) is 5.82 Å². The van der Waals surface area contributed by atoms with Crippen LogP contribution in [-0.4, -0.2) is 34.5 Å². The third-order valence-electron chi connectivity index (χ3n) is 2.63. The number of hydrogen-bond donors (Lipinski definition) is 0. The molecule has 0 spiro atoms. The first-order valence-corrected chi connectivity index (χ1v) is 5.33. The first-order valence-electron chi connectivity index (χ1n) is 5.33. The molecular formula is C11H14N4O2. The zero-order valence-electron chi connectivity index (χ0n) is 9.88. The van der Waals surface area contributed by atoms with Gasteiger partial charge in [0.15, 0.2) is 0 Å². The number of aryl methyl sites for hydroxylation is 1. The molecule has 0 aliphatic carbocycles. The number of carbonyl (C=O) groups excluding carboxylic acids is 1. The van der Waals surface area contributed by atoms with Crippen LogP contribution in [0, 0.1) is 12.8 Å². The summed E-state index contributed by atoms with van der Waals surface area (Å²) in [4.78, 5) is 25.6. The van der Waals surface area contributed by atoms with E-state index in [1.807, 2.05) is 0 Å². The summed E-state index contributed by atoms with van der Waals surface area (Å²) in [5, 5.41) is 0. The average molecular weight is 234 g/mol. The molecule has 1 atom stereocenters. The second-order valence-corrected chi connectivity index (χ2v) is 3.87. The van der Waals surface area contributed by atoms with Crippen molar-refractivity contribution in [3.63, 3.8) is 0 Å². The van der Waals surface area contributed by atoms with Crippen molar-refractivity contribution in [1.29, 1.82) is 0 Å². The quantitative estimate of drug-likeness (QED) is 0.721. The van der Waals surface area contributed by atoms with Crippen LogP contribution in [0.15, 0.2) is 12.7 Å². The van der Waals surface area contributed by atoms with Gasteiger partial charge in [0, 0.05) is 18.9 Å². The van der Waals surface area contributed by atoms with Gasteiger partial charge in [-0.2, -0.15) is 15.0 Å². The van der Waals surface area contributed by atoms with E-state index in [4.69, 9.17) is 4.74 Å². The number of methoxy groups -OCH3 is 1. The van der Waals surface area contributed by atoms with E-state index in [9.17, 15) is 4.79 Å². The molecule has 1 amide bonds. The number of nitrogens with zero attached hydrogens (tertiary/aromatic N) is 4. The summed E-state index contributed by atoms with van der Waals surface area (Å²) in [6.07, 6.45) is 2.24. The molecule has 1 unspecified atom stereocenters. The Balaban J connectivity index is 2.31. The Morgan fingerprint density at radius 1 is 1.47 bits per heavy atom. The van der Waals surface area contributed by atoms with Gasteiger partial charge in [-0.1, -0.05) is 6.08 Å². The molecule has 1 fully saturated rings. The first kappa shape index (κ1) is 11.5. The first-order chi connectivity index (χ1) is 8.13.